The van der Waals surface area contributed by atoms with Crippen LogP contribution in [0, 0.1) is 17.1 Å². The van der Waals surface area contributed by atoms with Gasteiger partial charge >= 0.3 is 12.0 Å². The lowest BCUT2D eigenvalue weighted by molar-refractivity contribution is -0.0592. The van der Waals surface area contributed by atoms with Crippen LogP contribution in [0.5, 0.6) is 6.01 Å². The molecule has 3 saturated heterocycles. The average molecular weight is 584 g/mol. The van der Waals surface area contributed by atoms with Crippen LogP contribution in [0.1, 0.15) is 46.6 Å². The van der Waals surface area contributed by atoms with Gasteiger partial charge < -0.3 is 24.0 Å². The zero-order valence-electron chi connectivity index (χ0n) is 23.4. The van der Waals surface area contributed by atoms with E-state index >= 15 is 0 Å². The van der Waals surface area contributed by atoms with Crippen molar-refractivity contribution >= 4 is 22.8 Å². The fourth-order valence-corrected chi connectivity index (χ4v) is 6.38. The lowest BCUT2D eigenvalue weighted by Crippen LogP contribution is -2.54. The Labute approximate surface area is 247 Å². The first-order valence-corrected chi connectivity index (χ1v) is 14.4. The maximum absolute atomic E-state index is 14.3. The van der Waals surface area contributed by atoms with E-state index in [1.807, 2.05) is 12.1 Å². The number of halogens is 1. The number of hydrogen-bond acceptors (Lipinski definition) is 9. The molecule has 3 aliphatic heterocycles. The Morgan fingerprint density at radius 3 is 2.63 bits per heavy atom. The normalized spacial score (nSPS) is 21.5. The first-order chi connectivity index (χ1) is 20.9. The van der Waals surface area contributed by atoms with E-state index in [9.17, 15) is 14.3 Å². The number of aromatic carboxylic acids is 1. The van der Waals surface area contributed by atoms with Gasteiger partial charge in [-0.05, 0) is 55.7 Å². The number of anilines is 1. The van der Waals surface area contributed by atoms with E-state index in [1.54, 1.807) is 30.5 Å². The maximum atomic E-state index is 14.3. The number of carboxylic acids is 1. The van der Waals surface area contributed by atoms with Gasteiger partial charge in [-0.3, -0.25) is 4.90 Å². The van der Waals surface area contributed by atoms with Gasteiger partial charge in [-0.25, -0.2) is 19.2 Å². The van der Waals surface area contributed by atoms with Crippen LogP contribution in [0.2, 0.25) is 0 Å². The van der Waals surface area contributed by atoms with Crippen LogP contribution in [0.25, 0.3) is 11.0 Å². The van der Waals surface area contributed by atoms with Gasteiger partial charge in [0.05, 0.1) is 47.4 Å². The minimum absolute atomic E-state index is 0.0392. The van der Waals surface area contributed by atoms with Gasteiger partial charge in [-0.1, -0.05) is 6.07 Å². The lowest BCUT2D eigenvalue weighted by atomic mass is 10.1. The van der Waals surface area contributed by atoms with Crippen molar-refractivity contribution in [3.8, 4) is 12.1 Å². The predicted molar refractivity (Wildman–Crippen MR) is 153 cm³/mol. The van der Waals surface area contributed by atoms with Gasteiger partial charge in [0, 0.05) is 43.5 Å². The molecule has 0 radical (unpaired) electrons. The molecule has 2 aromatic carbocycles. The molecule has 4 aromatic rings. The molecule has 0 spiro atoms. The smallest absolute Gasteiger partial charge is 0.335 e. The number of rotatable bonds is 9. The van der Waals surface area contributed by atoms with Crippen LogP contribution in [0.15, 0.2) is 48.7 Å². The van der Waals surface area contributed by atoms with Crippen molar-refractivity contribution in [1.29, 1.82) is 5.26 Å². The first-order valence-electron chi connectivity index (χ1n) is 14.4. The molecule has 7 rings (SSSR count). The molecule has 12 heteroatoms. The molecule has 1 N–H and O–H groups in total. The molecule has 2 bridgehead atoms. The summed E-state index contributed by atoms with van der Waals surface area (Å²) >= 11 is 0. The minimum Gasteiger partial charge on any atom is -0.478 e. The number of carbonyl (C=O) groups is 1. The Morgan fingerprint density at radius 1 is 1.12 bits per heavy atom. The van der Waals surface area contributed by atoms with Gasteiger partial charge in [0.15, 0.2) is 0 Å². The van der Waals surface area contributed by atoms with Gasteiger partial charge in [0.25, 0.3) is 0 Å². The lowest BCUT2D eigenvalue weighted by Gasteiger charge is -2.41. The Bertz CT molecular complexity index is 1720. The van der Waals surface area contributed by atoms with E-state index in [1.165, 1.54) is 12.1 Å². The fraction of sp³-hybridized carbons (Fsp3) is 0.387. The summed E-state index contributed by atoms with van der Waals surface area (Å²) in [7, 11) is 0. The molecule has 5 heterocycles. The second kappa shape index (κ2) is 11.2. The Hall–Kier alpha value is -4.60. The highest BCUT2D eigenvalue weighted by Gasteiger charge is 2.41. The molecule has 11 nitrogen and oxygen atoms in total. The number of nitriles is 1. The molecular formula is C31H30FN7O4. The van der Waals surface area contributed by atoms with Gasteiger partial charge in [0.2, 0.25) is 0 Å². The Balaban J connectivity index is 1.06. The molecule has 43 heavy (non-hydrogen) atoms. The van der Waals surface area contributed by atoms with Crippen molar-refractivity contribution in [3.05, 3.63) is 77.0 Å². The predicted octanol–water partition coefficient (Wildman–Crippen LogP) is 3.76. The summed E-state index contributed by atoms with van der Waals surface area (Å²) in [5.41, 5.74) is 2.44. The van der Waals surface area contributed by atoms with E-state index < -0.39 is 11.8 Å². The molecule has 220 valence electrons. The first kappa shape index (κ1) is 27.2. The van der Waals surface area contributed by atoms with Crippen LogP contribution in [-0.4, -0.2) is 73.4 Å². The second-order valence-electron chi connectivity index (χ2n) is 11.3. The molecule has 3 aliphatic rings. The molecule has 3 fully saturated rings. The van der Waals surface area contributed by atoms with Crippen LogP contribution < -0.4 is 9.64 Å². The average Bonchev–Trinajstić information content (AvgIpc) is 3.46. The van der Waals surface area contributed by atoms with Crippen molar-refractivity contribution in [1.82, 2.24) is 24.4 Å². The number of aromatic nitrogens is 4. The van der Waals surface area contributed by atoms with Crippen molar-refractivity contribution in [2.45, 2.75) is 57.1 Å². The number of hydrogen-bond donors (Lipinski definition) is 1. The molecular weight excluding hydrogens is 553 g/mol. The summed E-state index contributed by atoms with van der Waals surface area (Å²) < 4.78 is 27.9. The molecule has 0 aliphatic carbocycles. The van der Waals surface area contributed by atoms with Crippen molar-refractivity contribution < 1.29 is 23.8 Å². The highest BCUT2D eigenvalue weighted by Crippen LogP contribution is 2.35. The molecule has 2 unspecified atom stereocenters. The number of benzene rings is 2. The summed E-state index contributed by atoms with van der Waals surface area (Å²) in [6, 6.07) is 13.9. The van der Waals surface area contributed by atoms with E-state index in [0.29, 0.717) is 18.7 Å². The summed E-state index contributed by atoms with van der Waals surface area (Å²) in [6.07, 6.45) is 4.82. The standard InChI is InChI=1S/C31H30FN7O4/c32-25-11-19(13-33)1-2-21(25)18-43-31-34-9-7-28(36-31)39-22-4-5-23(39)15-37(14-22)17-29-35-26-6-3-20(30(40)41)12-27(26)38(29)16-24-8-10-42-24/h1-3,6-7,9,11-12,22-24H,4-5,8,10,14-18H2,(H,40,41)/t22?,23?,24-/m0/s1. The quantitative estimate of drug-likeness (QED) is 0.311. The third-order valence-corrected chi connectivity index (χ3v) is 8.60. The zero-order chi connectivity index (χ0) is 29.5. The van der Waals surface area contributed by atoms with Crippen LogP contribution in [0.4, 0.5) is 10.2 Å². The molecule has 0 amide bonds. The number of fused-ring (bicyclic) bond motifs is 3. The van der Waals surface area contributed by atoms with Gasteiger partial charge in [-0.15, -0.1) is 0 Å². The van der Waals surface area contributed by atoms with E-state index in [2.05, 4.69) is 24.3 Å². The highest BCUT2D eigenvalue weighted by molar-refractivity contribution is 5.92. The highest BCUT2D eigenvalue weighted by atomic mass is 19.1. The number of nitrogens with zero attached hydrogens (tertiary/aromatic N) is 7. The van der Waals surface area contributed by atoms with Crippen LogP contribution in [-0.2, 0) is 24.4 Å². The fourth-order valence-electron chi connectivity index (χ4n) is 6.38. The Kier molecular flexibility index (Phi) is 7.12. The van der Waals surface area contributed by atoms with Crippen molar-refractivity contribution in [2.75, 3.05) is 24.6 Å². The summed E-state index contributed by atoms with van der Waals surface area (Å²) in [5, 5.41) is 18.5. The van der Waals surface area contributed by atoms with E-state index in [-0.39, 0.29) is 41.9 Å². The van der Waals surface area contributed by atoms with E-state index in [4.69, 9.17) is 19.7 Å². The van der Waals surface area contributed by atoms with Crippen LogP contribution in [0.3, 0.4) is 0 Å². The van der Waals surface area contributed by atoms with Gasteiger partial charge in [-0.2, -0.15) is 10.2 Å². The summed E-state index contributed by atoms with van der Waals surface area (Å²) in [4.78, 5) is 30.2. The van der Waals surface area contributed by atoms with Gasteiger partial charge in [0.1, 0.15) is 24.1 Å². The number of likely N-dealkylation sites (tertiary alicyclic amines) is 1. The number of ether oxygens (including phenoxy) is 2. The Morgan fingerprint density at radius 2 is 1.93 bits per heavy atom. The molecule has 0 saturated carbocycles. The topological polar surface area (TPSA) is 130 Å². The molecule has 3 atom stereocenters. The van der Waals surface area contributed by atoms with Crippen molar-refractivity contribution in [2.24, 2.45) is 0 Å². The zero-order valence-corrected chi connectivity index (χ0v) is 23.4. The minimum atomic E-state index is -0.955. The number of piperazine rings is 1. The number of imidazole rings is 1. The van der Waals surface area contributed by atoms with E-state index in [0.717, 1.165) is 61.6 Å². The maximum Gasteiger partial charge on any atom is 0.335 e. The largest absolute Gasteiger partial charge is 0.478 e. The molecule has 2 aromatic heterocycles. The van der Waals surface area contributed by atoms with Crippen LogP contribution >= 0.6 is 0 Å². The van der Waals surface area contributed by atoms with Crippen molar-refractivity contribution in [3.63, 3.8) is 0 Å². The third-order valence-electron chi connectivity index (χ3n) is 8.60. The number of carboxylic acid groups (broad SMARTS) is 1. The monoisotopic (exact) mass is 583 g/mol. The second-order valence-corrected chi connectivity index (χ2v) is 11.3. The summed E-state index contributed by atoms with van der Waals surface area (Å²) in [5.74, 6) is 0.241. The SMILES string of the molecule is N#Cc1ccc(COc2nccc(N3C4CCC3CN(Cc3nc5ccc(C(=O)O)cc5n3C[C@@H]3CCO3)C4)n2)c(F)c1. The summed E-state index contributed by atoms with van der Waals surface area (Å²) in [6.45, 7) is 3.67. The third kappa shape index (κ3) is 5.37.